The lowest BCUT2D eigenvalue weighted by molar-refractivity contribution is 0.332. The van der Waals surface area contributed by atoms with Gasteiger partial charge in [0.2, 0.25) is 0 Å². The van der Waals surface area contributed by atoms with Gasteiger partial charge >= 0.3 is 0 Å². The van der Waals surface area contributed by atoms with Crippen molar-refractivity contribution in [1.29, 1.82) is 0 Å². The van der Waals surface area contributed by atoms with Gasteiger partial charge in [0.1, 0.15) is 9.84 Å². The van der Waals surface area contributed by atoms with Crippen molar-refractivity contribution >= 4 is 9.84 Å². The van der Waals surface area contributed by atoms with Crippen LogP contribution in [0.2, 0.25) is 0 Å². The van der Waals surface area contributed by atoms with Crippen LogP contribution in [0.1, 0.15) is 18.4 Å². The van der Waals surface area contributed by atoms with E-state index in [9.17, 15) is 8.42 Å². The fourth-order valence-electron chi connectivity index (χ4n) is 2.77. The number of hydrogen-bond donors (Lipinski definition) is 1. The fourth-order valence-corrected chi connectivity index (χ4v) is 3.44. The molecule has 4 nitrogen and oxygen atoms in total. The number of nitrogens with zero attached hydrogens (tertiary/aromatic N) is 1. The first kappa shape index (κ1) is 16.5. The van der Waals surface area contributed by atoms with Crippen molar-refractivity contribution < 1.29 is 8.42 Å². The van der Waals surface area contributed by atoms with Crippen LogP contribution in [0.25, 0.3) is 0 Å². The second kappa shape index (κ2) is 7.92. The van der Waals surface area contributed by atoms with Crippen molar-refractivity contribution in [2.24, 2.45) is 0 Å². The molecule has 1 heterocycles. The molecule has 1 unspecified atom stereocenters. The first-order valence-electron chi connectivity index (χ1n) is 7.70. The maximum atomic E-state index is 11.1. The lowest BCUT2D eigenvalue weighted by Gasteiger charge is -2.16. The Morgan fingerprint density at radius 1 is 1.29 bits per heavy atom. The highest BCUT2D eigenvalue weighted by molar-refractivity contribution is 7.90. The molecule has 1 saturated heterocycles. The van der Waals surface area contributed by atoms with Gasteiger partial charge in [-0.2, -0.15) is 0 Å². The van der Waals surface area contributed by atoms with E-state index in [1.54, 1.807) is 0 Å². The molecule has 0 saturated carbocycles. The summed E-state index contributed by atoms with van der Waals surface area (Å²) >= 11 is 0. The Bertz CT molecular complexity index is 516. The lowest BCUT2D eigenvalue weighted by atomic mass is 10.1. The number of rotatable bonds is 8. The van der Waals surface area contributed by atoms with Crippen LogP contribution in [0.15, 0.2) is 30.3 Å². The molecule has 1 atom stereocenters. The third-order valence-corrected chi connectivity index (χ3v) is 4.99. The highest BCUT2D eigenvalue weighted by Crippen LogP contribution is 2.10. The van der Waals surface area contributed by atoms with Crippen molar-refractivity contribution in [2.75, 3.05) is 38.2 Å². The van der Waals surface area contributed by atoms with Crippen molar-refractivity contribution in [3.8, 4) is 0 Å². The minimum atomic E-state index is -2.82. The van der Waals surface area contributed by atoms with Gasteiger partial charge in [0.05, 0.1) is 5.75 Å². The van der Waals surface area contributed by atoms with Gasteiger partial charge < -0.3 is 10.2 Å². The molecule has 1 N–H and O–H groups in total. The number of nitrogens with one attached hydrogen (secondary N) is 1. The molecule has 5 heteroatoms. The molecule has 1 fully saturated rings. The van der Waals surface area contributed by atoms with E-state index in [1.807, 2.05) is 0 Å². The standard InChI is InChI=1S/C16H26N2O2S/c1-21(19,20)13-5-10-17-16-9-12-18(14-16)11-8-15-6-3-2-4-7-15/h2-4,6-7,16-17H,5,8-14H2,1H3. The second-order valence-corrected chi connectivity index (χ2v) is 8.22. The molecule has 1 aliphatic heterocycles. The fraction of sp³-hybridized carbons (Fsp3) is 0.625. The van der Waals surface area contributed by atoms with E-state index in [1.165, 1.54) is 11.8 Å². The van der Waals surface area contributed by atoms with E-state index < -0.39 is 9.84 Å². The molecule has 0 aromatic heterocycles. The summed E-state index contributed by atoms with van der Waals surface area (Å²) < 4.78 is 22.1. The summed E-state index contributed by atoms with van der Waals surface area (Å²) in [6, 6.07) is 11.1. The number of likely N-dealkylation sites (tertiary alicyclic amines) is 1. The summed E-state index contributed by atoms with van der Waals surface area (Å²) in [5.74, 6) is 0.282. The number of hydrogen-bond acceptors (Lipinski definition) is 4. The zero-order valence-corrected chi connectivity index (χ0v) is 13.6. The quantitative estimate of drug-likeness (QED) is 0.736. The molecular weight excluding hydrogens is 284 g/mol. The molecule has 2 rings (SSSR count). The molecule has 1 aromatic rings. The van der Waals surface area contributed by atoms with Gasteiger partial charge in [0.25, 0.3) is 0 Å². The lowest BCUT2D eigenvalue weighted by Crippen LogP contribution is -2.34. The molecule has 0 amide bonds. The largest absolute Gasteiger partial charge is 0.313 e. The second-order valence-electron chi connectivity index (χ2n) is 5.96. The summed E-state index contributed by atoms with van der Waals surface area (Å²) in [7, 11) is -2.82. The Kier molecular flexibility index (Phi) is 6.21. The van der Waals surface area contributed by atoms with E-state index in [0.717, 1.165) is 39.0 Å². The van der Waals surface area contributed by atoms with Gasteiger partial charge in [0.15, 0.2) is 0 Å². The van der Waals surface area contributed by atoms with Crippen LogP contribution in [0.3, 0.4) is 0 Å². The Hall–Kier alpha value is -0.910. The average Bonchev–Trinajstić information content (AvgIpc) is 2.89. The highest BCUT2D eigenvalue weighted by Gasteiger charge is 2.21. The van der Waals surface area contributed by atoms with Crippen LogP contribution in [-0.4, -0.2) is 57.5 Å². The highest BCUT2D eigenvalue weighted by atomic mass is 32.2. The van der Waals surface area contributed by atoms with Crippen LogP contribution in [0, 0.1) is 0 Å². The van der Waals surface area contributed by atoms with Crippen molar-refractivity contribution in [3.63, 3.8) is 0 Å². The van der Waals surface area contributed by atoms with E-state index >= 15 is 0 Å². The number of benzene rings is 1. The van der Waals surface area contributed by atoms with Crippen LogP contribution in [0.5, 0.6) is 0 Å². The molecule has 1 aromatic carbocycles. The summed E-state index contributed by atoms with van der Waals surface area (Å²) in [5, 5.41) is 3.48. The minimum absolute atomic E-state index is 0.282. The summed E-state index contributed by atoms with van der Waals surface area (Å²) in [6.07, 6.45) is 4.27. The van der Waals surface area contributed by atoms with E-state index in [0.29, 0.717) is 12.5 Å². The third-order valence-electron chi connectivity index (χ3n) is 3.96. The van der Waals surface area contributed by atoms with Crippen molar-refractivity contribution in [2.45, 2.75) is 25.3 Å². The smallest absolute Gasteiger partial charge is 0.147 e. The van der Waals surface area contributed by atoms with Crippen LogP contribution < -0.4 is 5.32 Å². The van der Waals surface area contributed by atoms with E-state index in [4.69, 9.17) is 0 Å². The average molecular weight is 310 g/mol. The molecule has 0 spiro atoms. The van der Waals surface area contributed by atoms with Crippen LogP contribution >= 0.6 is 0 Å². The monoisotopic (exact) mass is 310 g/mol. The maximum Gasteiger partial charge on any atom is 0.147 e. The Morgan fingerprint density at radius 3 is 2.76 bits per heavy atom. The SMILES string of the molecule is CS(=O)(=O)CCCNC1CCN(CCc2ccccc2)C1. The Labute approximate surface area is 128 Å². The predicted molar refractivity (Wildman–Crippen MR) is 87.3 cm³/mol. The molecule has 118 valence electrons. The van der Waals surface area contributed by atoms with Gasteiger partial charge in [-0.05, 0) is 37.9 Å². The van der Waals surface area contributed by atoms with Crippen LogP contribution in [0.4, 0.5) is 0 Å². The molecule has 0 radical (unpaired) electrons. The summed E-state index contributed by atoms with van der Waals surface area (Å²) in [4.78, 5) is 2.49. The first-order valence-corrected chi connectivity index (χ1v) is 9.76. The van der Waals surface area contributed by atoms with Gasteiger partial charge in [-0.15, -0.1) is 0 Å². The molecule has 0 aliphatic carbocycles. The normalized spacial score (nSPS) is 20.0. The molecular formula is C16H26N2O2S. The molecule has 0 bridgehead atoms. The summed E-state index contributed by atoms with van der Waals surface area (Å²) in [5.41, 5.74) is 1.39. The molecule has 1 aliphatic rings. The van der Waals surface area contributed by atoms with E-state index in [-0.39, 0.29) is 5.75 Å². The van der Waals surface area contributed by atoms with Gasteiger partial charge in [0, 0.05) is 25.4 Å². The number of sulfone groups is 1. The zero-order valence-electron chi connectivity index (χ0n) is 12.8. The third kappa shape index (κ3) is 6.59. The summed E-state index contributed by atoms with van der Waals surface area (Å²) in [6.45, 7) is 4.11. The minimum Gasteiger partial charge on any atom is -0.313 e. The zero-order chi connectivity index (χ0) is 15.1. The predicted octanol–water partition coefficient (Wildman–Crippen LogP) is 1.33. The Balaban J connectivity index is 1.60. The van der Waals surface area contributed by atoms with Crippen molar-refractivity contribution in [3.05, 3.63) is 35.9 Å². The van der Waals surface area contributed by atoms with Gasteiger partial charge in [-0.1, -0.05) is 30.3 Å². The van der Waals surface area contributed by atoms with Gasteiger partial charge in [-0.25, -0.2) is 8.42 Å². The Morgan fingerprint density at radius 2 is 2.05 bits per heavy atom. The molecule has 21 heavy (non-hydrogen) atoms. The topological polar surface area (TPSA) is 49.4 Å². The maximum absolute atomic E-state index is 11.1. The van der Waals surface area contributed by atoms with Crippen LogP contribution in [-0.2, 0) is 16.3 Å². The first-order chi connectivity index (χ1) is 10.0. The van der Waals surface area contributed by atoms with E-state index in [2.05, 4.69) is 40.5 Å². The van der Waals surface area contributed by atoms with Crippen molar-refractivity contribution in [1.82, 2.24) is 10.2 Å². The van der Waals surface area contributed by atoms with Gasteiger partial charge in [-0.3, -0.25) is 0 Å².